The molecule has 0 spiro atoms. The average Bonchev–Trinajstić information content (AvgIpc) is 2.72. The molecule has 1 aromatic heterocycles. The van der Waals surface area contributed by atoms with Crippen LogP contribution in [0.2, 0.25) is 0 Å². The molecule has 0 saturated carbocycles. The van der Waals surface area contributed by atoms with Gasteiger partial charge in [-0.3, -0.25) is 0 Å². The summed E-state index contributed by atoms with van der Waals surface area (Å²) in [5, 5.41) is 1.22. The Balaban J connectivity index is 2.35. The van der Waals surface area contributed by atoms with Crippen molar-refractivity contribution >= 4 is 16.9 Å². The highest BCUT2D eigenvalue weighted by Crippen LogP contribution is 2.33. The zero-order valence-electron chi connectivity index (χ0n) is 10.8. The summed E-state index contributed by atoms with van der Waals surface area (Å²) in [6.45, 7) is 0. The Bertz CT molecular complexity index is 625. The molecule has 0 amide bonds. The minimum Gasteiger partial charge on any atom is -0.465 e. The molecule has 0 radical (unpaired) electrons. The molecule has 3 nitrogen and oxygen atoms in total. The van der Waals surface area contributed by atoms with Crippen LogP contribution < -0.4 is 0 Å². The Morgan fingerprint density at radius 2 is 2.06 bits per heavy atom. The summed E-state index contributed by atoms with van der Waals surface area (Å²) in [5.41, 5.74) is 4.50. The van der Waals surface area contributed by atoms with Gasteiger partial charge in [0.05, 0.1) is 18.2 Å². The number of fused-ring (bicyclic) bond motifs is 3. The predicted octanol–water partition coefficient (Wildman–Crippen LogP) is 2.84. The molecule has 0 aliphatic heterocycles. The van der Waals surface area contributed by atoms with Crippen LogP contribution in [0.5, 0.6) is 0 Å². The summed E-state index contributed by atoms with van der Waals surface area (Å²) in [6, 6.07) is 5.91. The van der Waals surface area contributed by atoms with E-state index in [-0.39, 0.29) is 5.97 Å². The van der Waals surface area contributed by atoms with Gasteiger partial charge in [-0.1, -0.05) is 12.1 Å². The van der Waals surface area contributed by atoms with Gasteiger partial charge >= 0.3 is 5.97 Å². The van der Waals surface area contributed by atoms with E-state index in [4.69, 9.17) is 4.74 Å². The van der Waals surface area contributed by atoms with Crippen molar-refractivity contribution in [1.82, 2.24) is 4.57 Å². The number of esters is 1. The van der Waals surface area contributed by atoms with Gasteiger partial charge in [0.1, 0.15) is 0 Å². The van der Waals surface area contributed by atoms with Gasteiger partial charge in [0.25, 0.3) is 0 Å². The van der Waals surface area contributed by atoms with Crippen LogP contribution in [0.1, 0.15) is 34.5 Å². The molecular weight excluding hydrogens is 226 g/mol. The quantitative estimate of drug-likeness (QED) is 0.721. The third-order valence-corrected chi connectivity index (χ3v) is 3.95. The third kappa shape index (κ3) is 1.47. The molecule has 18 heavy (non-hydrogen) atoms. The van der Waals surface area contributed by atoms with E-state index in [2.05, 4.69) is 17.7 Å². The molecule has 1 heterocycles. The van der Waals surface area contributed by atoms with E-state index in [1.54, 1.807) is 0 Å². The lowest BCUT2D eigenvalue weighted by Gasteiger charge is -2.13. The van der Waals surface area contributed by atoms with Gasteiger partial charge in [-0.25, -0.2) is 4.79 Å². The highest BCUT2D eigenvalue weighted by molar-refractivity contribution is 6.04. The molecule has 0 N–H and O–H groups in total. The van der Waals surface area contributed by atoms with Crippen molar-refractivity contribution in [3.05, 3.63) is 35.0 Å². The molecule has 94 valence electrons. The number of aryl methyl sites for hydroxylation is 2. The highest BCUT2D eigenvalue weighted by atomic mass is 16.5. The van der Waals surface area contributed by atoms with Crippen molar-refractivity contribution in [2.75, 3.05) is 7.11 Å². The van der Waals surface area contributed by atoms with Gasteiger partial charge in [-0.05, 0) is 37.3 Å². The SMILES string of the molecule is COC(=O)c1cccc2c3c(n(C)c12)CCCC3. The van der Waals surface area contributed by atoms with Crippen LogP contribution in [0.25, 0.3) is 10.9 Å². The minimum absolute atomic E-state index is 0.251. The zero-order chi connectivity index (χ0) is 12.7. The number of ether oxygens (including phenoxy) is 1. The van der Waals surface area contributed by atoms with Gasteiger partial charge in [-0.2, -0.15) is 0 Å². The lowest BCUT2D eigenvalue weighted by molar-refractivity contribution is 0.0602. The van der Waals surface area contributed by atoms with Gasteiger partial charge in [0.2, 0.25) is 0 Å². The van der Waals surface area contributed by atoms with Crippen molar-refractivity contribution in [3.63, 3.8) is 0 Å². The molecule has 1 aromatic carbocycles. The van der Waals surface area contributed by atoms with Gasteiger partial charge in [-0.15, -0.1) is 0 Å². The Labute approximate surface area is 106 Å². The predicted molar refractivity (Wildman–Crippen MR) is 70.9 cm³/mol. The summed E-state index contributed by atoms with van der Waals surface area (Å²) in [6.07, 6.45) is 4.72. The molecule has 0 unspecified atom stereocenters. The largest absolute Gasteiger partial charge is 0.465 e. The summed E-state index contributed by atoms with van der Waals surface area (Å²) < 4.78 is 7.06. The van der Waals surface area contributed by atoms with Gasteiger partial charge in [0, 0.05) is 18.1 Å². The second-order valence-corrected chi connectivity index (χ2v) is 4.88. The fourth-order valence-electron chi connectivity index (χ4n) is 3.11. The fraction of sp³-hybridized carbons (Fsp3) is 0.400. The van der Waals surface area contributed by atoms with Crippen LogP contribution in [0.15, 0.2) is 18.2 Å². The molecule has 3 rings (SSSR count). The van der Waals surface area contributed by atoms with Crippen LogP contribution >= 0.6 is 0 Å². The first kappa shape index (κ1) is 11.3. The van der Waals surface area contributed by atoms with Crippen LogP contribution in [0.4, 0.5) is 0 Å². The standard InChI is InChI=1S/C15H17NO2/c1-16-13-9-4-3-6-10(13)11-7-5-8-12(14(11)16)15(17)18-2/h5,7-8H,3-4,6,9H2,1-2H3. The summed E-state index contributed by atoms with van der Waals surface area (Å²) in [4.78, 5) is 11.9. The van der Waals surface area contributed by atoms with Crippen LogP contribution in [-0.2, 0) is 24.6 Å². The average molecular weight is 243 g/mol. The highest BCUT2D eigenvalue weighted by Gasteiger charge is 2.22. The van der Waals surface area contributed by atoms with Crippen molar-refractivity contribution in [2.24, 2.45) is 7.05 Å². The summed E-state index contributed by atoms with van der Waals surface area (Å²) >= 11 is 0. The zero-order valence-corrected chi connectivity index (χ0v) is 10.8. The molecular formula is C15H17NO2. The minimum atomic E-state index is -0.251. The van der Waals surface area contributed by atoms with Crippen molar-refractivity contribution < 1.29 is 9.53 Å². The van der Waals surface area contributed by atoms with Gasteiger partial charge < -0.3 is 9.30 Å². The molecule has 0 atom stereocenters. The maximum atomic E-state index is 11.9. The number of para-hydroxylation sites is 1. The van der Waals surface area contributed by atoms with Crippen molar-refractivity contribution in [1.29, 1.82) is 0 Å². The van der Waals surface area contributed by atoms with Gasteiger partial charge in [0.15, 0.2) is 0 Å². The first-order valence-electron chi connectivity index (χ1n) is 6.41. The maximum absolute atomic E-state index is 11.9. The number of benzene rings is 1. The second kappa shape index (κ2) is 4.16. The normalized spacial score (nSPS) is 14.6. The third-order valence-electron chi connectivity index (χ3n) is 3.95. The van der Waals surface area contributed by atoms with Crippen molar-refractivity contribution in [3.8, 4) is 0 Å². The molecule has 0 bridgehead atoms. The number of nitrogens with zero attached hydrogens (tertiary/aromatic N) is 1. The fourth-order valence-corrected chi connectivity index (χ4v) is 3.11. The summed E-state index contributed by atoms with van der Waals surface area (Å²) in [7, 11) is 3.49. The summed E-state index contributed by atoms with van der Waals surface area (Å²) in [5.74, 6) is -0.251. The first-order valence-corrected chi connectivity index (χ1v) is 6.41. The van der Waals surface area contributed by atoms with E-state index in [0.29, 0.717) is 5.56 Å². The number of methoxy groups -OCH3 is 1. The Morgan fingerprint density at radius 1 is 1.28 bits per heavy atom. The smallest absolute Gasteiger partial charge is 0.340 e. The number of aromatic nitrogens is 1. The maximum Gasteiger partial charge on any atom is 0.340 e. The van der Waals surface area contributed by atoms with E-state index in [1.807, 2.05) is 12.1 Å². The monoisotopic (exact) mass is 243 g/mol. The van der Waals surface area contributed by atoms with E-state index < -0.39 is 0 Å². The van der Waals surface area contributed by atoms with Crippen LogP contribution in [-0.4, -0.2) is 17.6 Å². The number of rotatable bonds is 1. The number of hydrogen-bond donors (Lipinski definition) is 0. The second-order valence-electron chi connectivity index (χ2n) is 4.88. The van der Waals surface area contributed by atoms with Crippen LogP contribution in [0.3, 0.4) is 0 Å². The Morgan fingerprint density at radius 3 is 2.83 bits per heavy atom. The topological polar surface area (TPSA) is 31.2 Å². The number of carbonyl (C=O) groups is 1. The molecule has 1 aliphatic rings. The molecule has 2 aromatic rings. The van der Waals surface area contributed by atoms with Crippen LogP contribution in [0, 0.1) is 0 Å². The molecule has 0 saturated heterocycles. The molecule has 0 fully saturated rings. The number of carbonyl (C=O) groups excluding carboxylic acids is 1. The lowest BCUT2D eigenvalue weighted by atomic mass is 9.95. The molecule has 1 aliphatic carbocycles. The Hall–Kier alpha value is -1.77. The van der Waals surface area contributed by atoms with E-state index in [0.717, 1.165) is 18.4 Å². The van der Waals surface area contributed by atoms with E-state index in [1.165, 1.54) is 36.6 Å². The van der Waals surface area contributed by atoms with E-state index >= 15 is 0 Å². The van der Waals surface area contributed by atoms with Crippen molar-refractivity contribution in [2.45, 2.75) is 25.7 Å². The molecule has 3 heteroatoms. The van der Waals surface area contributed by atoms with E-state index in [9.17, 15) is 4.79 Å². The lowest BCUT2D eigenvalue weighted by Crippen LogP contribution is -2.07. The Kier molecular flexibility index (Phi) is 2.62. The number of hydrogen-bond acceptors (Lipinski definition) is 2. The first-order chi connectivity index (χ1) is 8.74.